The molecule has 0 amide bonds. The number of hydrogen-bond acceptors (Lipinski definition) is 4. The molecule has 2 aromatic rings. The molecule has 0 saturated carbocycles. The molecule has 0 bridgehead atoms. The maximum atomic E-state index is 4.23. The lowest BCUT2D eigenvalue weighted by Crippen LogP contribution is -2.19. The second-order valence-corrected chi connectivity index (χ2v) is 6.36. The zero-order valence-electron chi connectivity index (χ0n) is 11.6. The fourth-order valence-corrected chi connectivity index (χ4v) is 3.14. The molecule has 0 radical (unpaired) electrons. The highest BCUT2D eigenvalue weighted by Crippen LogP contribution is 2.33. The summed E-state index contributed by atoms with van der Waals surface area (Å²) in [5.41, 5.74) is 1.28. The number of nitrogens with one attached hydrogen (secondary N) is 1. The molecule has 1 atom stereocenters. The molecule has 0 spiro atoms. The first-order valence-electron chi connectivity index (χ1n) is 6.68. The Balaban J connectivity index is 2.10. The van der Waals surface area contributed by atoms with Gasteiger partial charge < -0.3 is 5.32 Å². The van der Waals surface area contributed by atoms with E-state index >= 15 is 0 Å². The maximum absolute atomic E-state index is 4.23. The molecule has 1 aromatic carbocycles. The first-order valence-corrected chi connectivity index (χ1v) is 8.29. The summed E-state index contributed by atoms with van der Waals surface area (Å²) in [6.07, 6.45) is 4.66. The van der Waals surface area contributed by atoms with Gasteiger partial charge in [0.25, 0.3) is 0 Å². The van der Waals surface area contributed by atoms with Crippen molar-refractivity contribution >= 4 is 27.7 Å². The molecule has 106 valence electrons. The van der Waals surface area contributed by atoms with Crippen LogP contribution in [0, 0.1) is 0 Å². The van der Waals surface area contributed by atoms with Gasteiger partial charge in [0.2, 0.25) is 0 Å². The summed E-state index contributed by atoms with van der Waals surface area (Å²) in [4.78, 5) is 9.59. The summed E-state index contributed by atoms with van der Waals surface area (Å²) in [5, 5.41) is 4.25. The lowest BCUT2D eigenvalue weighted by Gasteiger charge is -2.15. The number of benzene rings is 1. The molecule has 2 rings (SSSR count). The molecular weight excluding hydrogens is 334 g/mol. The highest BCUT2D eigenvalue weighted by Gasteiger charge is 2.09. The first-order chi connectivity index (χ1) is 9.70. The second-order valence-electron chi connectivity index (χ2n) is 4.50. The summed E-state index contributed by atoms with van der Waals surface area (Å²) in [7, 11) is 0. The topological polar surface area (TPSA) is 37.8 Å². The van der Waals surface area contributed by atoms with Gasteiger partial charge >= 0.3 is 0 Å². The third-order valence-corrected chi connectivity index (χ3v) is 4.79. The fourth-order valence-electron chi connectivity index (χ4n) is 1.78. The zero-order valence-corrected chi connectivity index (χ0v) is 14.0. The minimum Gasteiger partial charge on any atom is -0.310 e. The molecule has 1 aromatic heterocycles. The van der Waals surface area contributed by atoms with E-state index in [1.807, 2.05) is 6.07 Å². The first kappa shape index (κ1) is 15.5. The van der Waals surface area contributed by atoms with Crippen molar-refractivity contribution in [3.8, 4) is 0 Å². The van der Waals surface area contributed by atoms with Gasteiger partial charge in [0.05, 0.1) is 0 Å². The quantitative estimate of drug-likeness (QED) is 0.780. The predicted molar refractivity (Wildman–Crippen MR) is 87.0 cm³/mol. The van der Waals surface area contributed by atoms with Crippen molar-refractivity contribution in [3.63, 3.8) is 0 Å². The van der Waals surface area contributed by atoms with E-state index in [0.717, 1.165) is 27.5 Å². The van der Waals surface area contributed by atoms with Crippen molar-refractivity contribution < 1.29 is 0 Å². The molecule has 1 unspecified atom stereocenters. The van der Waals surface area contributed by atoms with Crippen LogP contribution in [0.2, 0.25) is 0 Å². The standard InChI is InChI=1S/C15H18BrN3S/c1-3-7-17-11(2)12-5-6-14(13(16)10-12)20-15-18-8-4-9-19-15/h4-6,8-11,17H,3,7H2,1-2H3. The normalized spacial score (nSPS) is 12.3. The minimum absolute atomic E-state index is 0.360. The molecular formula is C15H18BrN3S. The van der Waals surface area contributed by atoms with E-state index < -0.39 is 0 Å². The van der Waals surface area contributed by atoms with Crippen LogP contribution in [0.15, 0.2) is 51.2 Å². The molecule has 5 heteroatoms. The van der Waals surface area contributed by atoms with Crippen LogP contribution in [-0.4, -0.2) is 16.5 Å². The van der Waals surface area contributed by atoms with Crippen molar-refractivity contribution in [1.29, 1.82) is 0 Å². The monoisotopic (exact) mass is 351 g/mol. The van der Waals surface area contributed by atoms with Crippen molar-refractivity contribution in [1.82, 2.24) is 15.3 Å². The highest BCUT2D eigenvalue weighted by molar-refractivity contribution is 9.10. The summed E-state index contributed by atoms with van der Waals surface area (Å²) >= 11 is 5.20. The van der Waals surface area contributed by atoms with E-state index in [9.17, 15) is 0 Å². The summed E-state index contributed by atoms with van der Waals surface area (Å²) in [6.45, 7) is 5.40. The van der Waals surface area contributed by atoms with Gasteiger partial charge in [-0.25, -0.2) is 9.97 Å². The van der Waals surface area contributed by atoms with E-state index in [0.29, 0.717) is 6.04 Å². The van der Waals surface area contributed by atoms with Gasteiger partial charge in [-0.15, -0.1) is 0 Å². The molecule has 0 aliphatic carbocycles. The second kappa shape index (κ2) is 7.76. The van der Waals surface area contributed by atoms with Crippen LogP contribution < -0.4 is 5.32 Å². The van der Waals surface area contributed by atoms with Gasteiger partial charge in [-0.1, -0.05) is 13.0 Å². The van der Waals surface area contributed by atoms with Crippen molar-refractivity contribution in [3.05, 3.63) is 46.7 Å². The smallest absolute Gasteiger partial charge is 0.192 e. The predicted octanol–water partition coefficient (Wildman–Crippen LogP) is 4.45. The van der Waals surface area contributed by atoms with E-state index in [-0.39, 0.29) is 0 Å². The Hall–Kier alpha value is -0.910. The third kappa shape index (κ3) is 4.30. The summed E-state index contributed by atoms with van der Waals surface area (Å²) in [5.74, 6) is 0. The van der Waals surface area contributed by atoms with Crippen LogP contribution >= 0.6 is 27.7 Å². The number of hydrogen-bond donors (Lipinski definition) is 1. The van der Waals surface area contributed by atoms with Crippen LogP contribution in [0.25, 0.3) is 0 Å². The van der Waals surface area contributed by atoms with E-state index in [2.05, 4.69) is 63.3 Å². The maximum Gasteiger partial charge on any atom is 0.192 e. The van der Waals surface area contributed by atoms with Gasteiger partial charge in [-0.2, -0.15) is 0 Å². The average molecular weight is 352 g/mol. The van der Waals surface area contributed by atoms with Crippen LogP contribution in [0.1, 0.15) is 31.9 Å². The van der Waals surface area contributed by atoms with Gasteiger partial charge in [0.15, 0.2) is 5.16 Å². The summed E-state index contributed by atoms with van der Waals surface area (Å²) in [6, 6.07) is 8.62. The third-order valence-electron chi connectivity index (χ3n) is 2.90. The lowest BCUT2D eigenvalue weighted by molar-refractivity contribution is 0.570. The molecule has 3 nitrogen and oxygen atoms in total. The SMILES string of the molecule is CCCNC(C)c1ccc(Sc2ncccn2)c(Br)c1. The molecule has 0 fully saturated rings. The summed E-state index contributed by atoms with van der Waals surface area (Å²) < 4.78 is 1.08. The van der Waals surface area contributed by atoms with Crippen molar-refractivity contribution in [2.24, 2.45) is 0 Å². The van der Waals surface area contributed by atoms with E-state index in [1.54, 1.807) is 24.2 Å². The Kier molecular flexibility index (Phi) is 6.01. The highest BCUT2D eigenvalue weighted by atomic mass is 79.9. The molecule has 0 aliphatic rings. The molecule has 0 saturated heterocycles. The van der Waals surface area contributed by atoms with Gasteiger partial charge in [-0.05, 0) is 71.3 Å². The van der Waals surface area contributed by atoms with Crippen LogP contribution in [0.5, 0.6) is 0 Å². The van der Waals surface area contributed by atoms with Crippen LogP contribution in [-0.2, 0) is 0 Å². The number of aromatic nitrogens is 2. The van der Waals surface area contributed by atoms with Gasteiger partial charge in [-0.3, -0.25) is 0 Å². The molecule has 0 aliphatic heterocycles. The lowest BCUT2D eigenvalue weighted by atomic mass is 10.1. The Morgan fingerprint density at radius 3 is 2.70 bits per heavy atom. The molecule has 1 N–H and O–H groups in total. The van der Waals surface area contributed by atoms with Gasteiger partial charge in [0.1, 0.15) is 0 Å². The average Bonchev–Trinajstić information content (AvgIpc) is 2.48. The Morgan fingerprint density at radius 1 is 1.30 bits per heavy atom. The minimum atomic E-state index is 0.360. The Bertz CT molecular complexity index is 548. The van der Waals surface area contributed by atoms with Crippen molar-refractivity contribution in [2.75, 3.05) is 6.54 Å². The largest absolute Gasteiger partial charge is 0.310 e. The van der Waals surface area contributed by atoms with E-state index in [1.165, 1.54) is 5.56 Å². The zero-order chi connectivity index (χ0) is 14.4. The number of rotatable bonds is 6. The fraction of sp³-hybridized carbons (Fsp3) is 0.333. The number of nitrogens with zero attached hydrogens (tertiary/aromatic N) is 2. The van der Waals surface area contributed by atoms with Crippen LogP contribution in [0.4, 0.5) is 0 Å². The number of halogens is 1. The van der Waals surface area contributed by atoms with E-state index in [4.69, 9.17) is 0 Å². The van der Waals surface area contributed by atoms with Crippen LogP contribution in [0.3, 0.4) is 0 Å². The van der Waals surface area contributed by atoms with Gasteiger partial charge in [0, 0.05) is 27.8 Å². The molecule has 20 heavy (non-hydrogen) atoms. The molecule has 1 heterocycles. The van der Waals surface area contributed by atoms with Crippen molar-refractivity contribution in [2.45, 2.75) is 36.4 Å². The Labute approximate surface area is 132 Å². The Morgan fingerprint density at radius 2 is 2.05 bits per heavy atom.